The molecule has 0 amide bonds. The number of carboxylic acid groups (broad SMARTS) is 1. The Balaban J connectivity index is 2.01. The Hall–Kier alpha value is -3.36. The Kier molecular flexibility index (Phi) is 4.84. The first-order valence-electron chi connectivity index (χ1n) is 8.24. The summed E-state index contributed by atoms with van der Waals surface area (Å²) in [5.74, 6) is -1.28. The Bertz CT molecular complexity index is 1090. The number of phenols is 1. The fraction of sp³-hybridized carbons (Fsp3) is 0.211. The third-order valence-electron chi connectivity index (χ3n) is 4.23. The summed E-state index contributed by atoms with van der Waals surface area (Å²) in [6.07, 6.45) is -4.14. The van der Waals surface area contributed by atoms with Crippen LogP contribution in [0.3, 0.4) is 0 Å². The van der Waals surface area contributed by atoms with Gasteiger partial charge in [-0.15, -0.1) is 15.0 Å². The smallest absolute Gasteiger partial charge is 0.416 e. The van der Waals surface area contributed by atoms with Gasteiger partial charge in [-0.1, -0.05) is 12.6 Å². The van der Waals surface area contributed by atoms with E-state index in [-0.39, 0.29) is 40.9 Å². The van der Waals surface area contributed by atoms with Crippen LogP contribution in [0, 0.1) is 6.92 Å². The number of fused-ring (bicyclic) bond motifs is 1. The van der Waals surface area contributed by atoms with Crippen LogP contribution in [0.2, 0.25) is 0 Å². The number of rotatable bonds is 5. The number of aromatic hydroxyl groups is 1. The summed E-state index contributed by atoms with van der Waals surface area (Å²) < 4.78 is 38.6. The molecule has 1 heterocycles. The van der Waals surface area contributed by atoms with Crippen LogP contribution in [-0.2, 0) is 17.4 Å². The largest absolute Gasteiger partial charge is 0.505 e. The molecule has 0 fully saturated rings. The molecule has 2 N–H and O–H groups in total. The average Bonchev–Trinajstić information content (AvgIpc) is 3.03. The van der Waals surface area contributed by atoms with E-state index in [9.17, 15) is 23.1 Å². The van der Waals surface area contributed by atoms with Crippen LogP contribution in [0.15, 0.2) is 42.5 Å². The second-order valence-corrected chi connectivity index (χ2v) is 6.39. The van der Waals surface area contributed by atoms with E-state index in [1.807, 2.05) is 0 Å². The van der Waals surface area contributed by atoms with Gasteiger partial charge in [-0.2, -0.15) is 13.2 Å². The second kappa shape index (κ2) is 6.99. The molecule has 2 aromatic carbocycles. The summed E-state index contributed by atoms with van der Waals surface area (Å²) in [5.41, 5.74) is 0.862. The number of hydrogen-bond donors (Lipinski definition) is 2. The molecular formula is C19H16F3N3O3. The molecule has 0 aliphatic carbocycles. The van der Waals surface area contributed by atoms with Crippen molar-refractivity contribution < 1.29 is 28.2 Å². The van der Waals surface area contributed by atoms with Crippen molar-refractivity contribution in [2.75, 3.05) is 0 Å². The van der Waals surface area contributed by atoms with E-state index in [4.69, 9.17) is 5.11 Å². The quantitative estimate of drug-likeness (QED) is 0.641. The van der Waals surface area contributed by atoms with Gasteiger partial charge in [0.05, 0.1) is 5.56 Å². The molecule has 6 nitrogen and oxygen atoms in total. The Labute approximate surface area is 157 Å². The summed E-state index contributed by atoms with van der Waals surface area (Å²) in [6.45, 7) is 5.22. The van der Waals surface area contributed by atoms with Gasteiger partial charge in [-0.25, -0.2) is 4.79 Å². The fourth-order valence-corrected chi connectivity index (χ4v) is 2.77. The van der Waals surface area contributed by atoms with Crippen LogP contribution in [-0.4, -0.2) is 31.2 Å². The molecule has 0 radical (unpaired) electrons. The van der Waals surface area contributed by atoms with Crippen molar-refractivity contribution >= 4 is 17.0 Å². The third-order valence-corrected chi connectivity index (χ3v) is 4.23. The first kappa shape index (κ1) is 19.4. The van der Waals surface area contributed by atoms with Gasteiger partial charge in [-0.3, -0.25) is 0 Å². The molecule has 0 aliphatic rings. The van der Waals surface area contributed by atoms with Gasteiger partial charge in [0.25, 0.3) is 0 Å². The molecular weight excluding hydrogens is 375 g/mol. The van der Waals surface area contributed by atoms with Crippen molar-refractivity contribution in [1.29, 1.82) is 0 Å². The number of aromatic nitrogens is 3. The maximum absolute atomic E-state index is 12.9. The highest BCUT2D eigenvalue weighted by Gasteiger charge is 2.31. The molecule has 9 heteroatoms. The van der Waals surface area contributed by atoms with E-state index in [1.165, 1.54) is 6.07 Å². The lowest BCUT2D eigenvalue weighted by atomic mass is 10.0. The van der Waals surface area contributed by atoms with Crippen LogP contribution >= 0.6 is 0 Å². The van der Waals surface area contributed by atoms with Gasteiger partial charge in [0.2, 0.25) is 0 Å². The van der Waals surface area contributed by atoms with Crippen molar-refractivity contribution in [3.63, 3.8) is 0 Å². The molecule has 0 spiro atoms. The lowest BCUT2D eigenvalue weighted by molar-refractivity contribution is -0.137. The highest BCUT2D eigenvalue weighted by Crippen LogP contribution is 2.32. The van der Waals surface area contributed by atoms with Crippen molar-refractivity contribution in [2.24, 2.45) is 0 Å². The molecule has 1 aromatic heterocycles. The predicted molar refractivity (Wildman–Crippen MR) is 95.4 cm³/mol. The molecule has 0 unspecified atom stereocenters. The summed E-state index contributed by atoms with van der Waals surface area (Å²) >= 11 is 0. The predicted octanol–water partition coefficient (Wildman–Crippen LogP) is 4.03. The Morgan fingerprint density at radius 1 is 1.18 bits per heavy atom. The fourth-order valence-electron chi connectivity index (χ4n) is 2.77. The summed E-state index contributed by atoms with van der Waals surface area (Å²) in [6, 6.07) is 6.31. The highest BCUT2D eigenvalue weighted by atomic mass is 19.4. The van der Waals surface area contributed by atoms with E-state index in [1.54, 1.807) is 19.1 Å². The van der Waals surface area contributed by atoms with Gasteiger partial charge in [0.1, 0.15) is 22.5 Å². The topological polar surface area (TPSA) is 88.2 Å². The Morgan fingerprint density at radius 3 is 2.50 bits per heavy atom. The lowest BCUT2D eigenvalue weighted by Crippen LogP contribution is -2.04. The van der Waals surface area contributed by atoms with E-state index < -0.39 is 17.7 Å². The van der Waals surface area contributed by atoms with E-state index in [0.29, 0.717) is 5.56 Å². The van der Waals surface area contributed by atoms with Gasteiger partial charge in [-0.05, 0) is 55.2 Å². The molecule has 0 atom stereocenters. The van der Waals surface area contributed by atoms with Crippen LogP contribution in [0.5, 0.6) is 5.75 Å². The molecule has 0 aliphatic heterocycles. The SMILES string of the molecule is C=C(CCc1cc(C)cc(-n2nc3ccc(C(F)(F)F)cc3n2)c1O)C(=O)O. The van der Waals surface area contributed by atoms with Gasteiger partial charge in [0, 0.05) is 5.57 Å². The molecule has 146 valence electrons. The summed E-state index contributed by atoms with van der Waals surface area (Å²) in [5, 5.41) is 27.7. The zero-order valence-electron chi connectivity index (χ0n) is 14.8. The van der Waals surface area contributed by atoms with E-state index >= 15 is 0 Å². The maximum Gasteiger partial charge on any atom is 0.416 e. The molecule has 28 heavy (non-hydrogen) atoms. The number of alkyl halides is 3. The summed E-state index contributed by atoms with van der Waals surface area (Å²) in [7, 11) is 0. The minimum Gasteiger partial charge on any atom is -0.505 e. The number of carboxylic acids is 1. The number of carbonyl (C=O) groups is 1. The number of halogens is 3. The number of aliphatic carboxylic acids is 1. The van der Waals surface area contributed by atoms with Crippen LogP contribution in [0.25, 0.3) is 16.7 Å². The second-order valence-electron chi connectivity index (χ2n) is 6.39. The Morgan fingerprint density at radius 2 is 1.86 bits per heavy atom. The molecule has 0 bridgehead atoms. The van der Waals surface area contributed by atoms with Gasteiger partial charge < -0.3 is 10.2 Å². The molecule has 0 saturated heterocycles. The van der Waals surface area contributed by atoms with Crippen LogP contribution < -0.4 is 0 Å². The van der Waals surface area contributed by atoms with Gasteiger partial charge in [0.15, 0.2) is 0 Å². The minimum atomic E-state index is -4.50. The number of hydrogen-bond acceptors (Lipinski definition) is 4. The van der Waals surface area contributed by atoms with Crippen molar-refractivity contribution in [2.45, 2.75) is 25.9 Å². The number of aryl methyl sites for hydroxylation is 2. The normalized spacial score (nSPS) is 11.7. The third kappa shape index (κ3) is 3.83. The number of phenolic OH excluding ortho intramolecular Hbond substituents is 1. The first-order valence-corrected chi connectivity index (χ1v) is 8.24. The number of nitrogens with zero attached hydrogens (tertiary/aromatic N) is 3. The lowest BCUT2D eigenvalue weighted by Gasteiger charge is -2.11. The van der Waals surface area contributed by atoms with Crippen molar-refractivity contribution in [3.05, 3.63) is 59.2 Å². The van der Waals surface area contributed by atoms with Gasteiger partial charge >= 0.3 is 12.1 Å². The molecule has 3 rings (SSSR count). The maximum atomic E-state index is 12.9. The van der Waals surface area contributed by atoms with E-state index in [0.717, 1.165) is 22.5 Å². The molecule has 3 aromatic rings. The van der Waals surface area contributed by atoms with Crippen LogP contribution in [0.4, 0.5) is 13.2 Å². The molecule has 0 saturated carbocycles. The minimum absolute atomic E-state index is 0.00471. The zero-order valence-corrected chi connectivity index (χ0v) is 14.8. The average molecular weight is 391 g/mol. The standard InChI is InChI=1S/C19H16F3N3O3/c1-10-7-12(4-3-11(2)18(27)28)17(26)16(8-10)25-23-14-6-5-13(19(20,21)22)9-15(14)24-25/h5-9,26H,2-4H2,1H3,(H,27,28). The van der Waals surface area contributed by atoms with Crippen molar-refractivity contribution in [3.8, 4) is 11.4 Å². The monoisotopic (exact) mass is 391 g/mol. The first-order chi connectivity index (χ1) is 13.1. The summed E-state index contributed by atoms with van der Waals surface area (Å²) in [4.78, 5) is 12.0. The highest BCUT2D eigenvalue weighted by molar-refractivity contribution is 5.85. The number of benzene rings is 2. The zero-order chi connectivity index (χ0) is 20.6. The van der Waals surface area contributed by atoms with E-state index in [2.05, 4.69) is 16.8 Å². The van der Waals surface area contributed by atoms with Crippen molar-refractivity contribution in [1.82, 2.24) is 15.0 Å². The van der Waals surface area contributed by atoms with Crippen LogP contribution in [0.1, 0.15) is 23.1 Å².